The number of halogens is 2. The molecule has 0 unspecified atom stereocenters. The molecule has 0 saturated heterocycles. The van der Waals surface area contributed by atoms with Crippen molar-refractivity contribution in [3.05, 3.63) is 52.8 Å². The second-order valence-electron chi connectivity index (χ2n) is 5.11. The number of carbonyl (C=O) groups is 1. The number of nitrogens with one attached hydrogen (secondary N) is 1. The Labute approximate surface area is 126 Å². The largest absolute Gasteiger partial charge is 0.506 e. The van der Waals surface area contributed by atoms with E-state index in [0.717, 1.165) is 18.9 Å². The van der Waals surface area contributed by atoms with Gasteiger partial charge in [-0.1, -0.05) is 23.7 Å². The minimum Gasteiger partial charge on any atom is -0.506 e. The monoisotopic (exact) mass is 305 g/mol. The second kappa shape index (κ2) is 5.37. The lowest BCUT2D eigenvalue weighted by molar-refractivity contribution is 0.0951. The minimum atomic E-state index is -0.563. The lowest BCUT2D eigenvalue weighted by Gasteiger charge is -2.07. The van der Waals surface area contributed by atoms with Gasteiger partial charge in [-0.3, -0.25) is 4.79 Å². The molecule has 2 aromatic carbocycles. The molecule has 2 aromatic rings. The van der Waals surface area contributed by atoms with E-state index in [9.17, 15) is 14.3 Å². The maximum absolute atomic E-state index is 13.9. The van der Waals surface area contributed by atoms with Crippen molar-refractivity contribution in [3.63, 3.8) is 0 Å². The number of amides is 1. The molecule has 0 spiro atoms. The van der Waals surface area contributed by atoms with Gasteiger partial charge in [0, 0.05) is 23.2 Å². The Hall–Kier alpha value is -2.07. The Morgan fingerprint density at radius 2 is 1.90 bits per heavy atom. The van der Waals surface area contributed by atoms with Gasteiger partial charge in [0.05, 0.1) is 5.02 Å². The first-order chi connectivity index (χ1) is 10.0. The van der Waals surface area contributed by atoms with Crippen LogP contribution >= 0.6 is 11.6 Å². The quantitative estimate of drug-likeness (QED) is 0.907. The molecule has 0 heterocycles. The van der Waals surface area contributed by atoms with Crippen molar-refractivity contribution in [1.82, 2.24) is 5.32 Å². The first-order valence-corrected chi connectivity index (χ1v) is 7.01. The smallest absolute Gasteiger partial charge is 0.251 e. The highest BCUT2D eigenvalue weighted by molar-refractivity contribution is 6.32. The van der Waals surface area contributed by atoms with E-state index in [-0.39, 0.29) is 22.2 Å². The third-order valence-electron chi connectivity index (χ3n) is 3.41. The first kappa shape index (κ1) is 13.9. The molecular weight excluding hydrogens is 293 g/mol. The van der Waals surface area contributed by atoms with Crippen LogP contribution in [0.4, 0.5) is 4.39 Å². The molecule has 1 saturated carbocycles. The molecule has 0 radical (unpaired) electrons. The maximum Gasteiger partial charge on any atom is 0.251 e. The Balaban J connectivity index is 1.86. The van der Waals surface area contributed by atoms with Crippen molar-refractivity contribution in [2.75, 3.05) is 0 Å². The molecule has 5 heteroatoms. The number of hydrogen-bond acceptors (Lipinski definition) is 2. The lowest BCUT2D eigenvalue weighted by atomic mass is 10.0. The van der Waals surface area contributed by atoms with E-state index in [2.05, 4.69) is 5.32 Å². The van der Waals surface area contributed by atoms with Crippen LogP contribution in [0.1, 0.15) is 23.2 Å². The SMILES string of the molecule is O=C(NC1CC1)c1ccc(-c2cc(Cl)c(O)cc2F)cc1. The molecule has 0 aliphatic heterocycles. The third-order valence-corrected chi connectivity index (χ3v) is 3.71. The zero-order chi connectivity index (χ0) is 15.0. The van der Waals surface area contributed by atoms with Crippen LogP contribution in [0.5, 0.6) is 5.75 Å². The Morgan fingerprint density at radius 3 is 2.52 bits per heavy atom. The van der Waals surface area contributed by atoms with Gasteiger partial charge >= 0.3 is 0 Å². The Bertz CT molecular complexity index is 696. The predicted octanol–water partition coefficient (Wildman–Crippen LogP) is 3.74. The summed E-state index contributed by atoms with van der Waals surface area (Å²) in [5.41, 5.74) is 1.42. The van der Waals surface area contributed by atoms with Gasteiger partial charge in [0.1, 0.15) is 11.6 Å². The van der Waals surface area contributed by atoms with Gasteiger partial charge in [0.2, 0.25) is 0 Å². The molecule has 108 valence electrons. The number of phenolic OH excluding ortho intramolecular Hbond substituents is 1. The van der Waals surface area contributed by atoms with E-state index < -0.39 is 5.82 Å². The van der Waals surface area contributed by atoms with E-state index in [0.29, 0.717) is 17.2 Å². The van der Waals surface area contributed by atoms with Crippen LogP contribution in [0, 0.1) is 5.82 Å². The minimum absolute atomic E-state index is 0.0851. The van der Waals surface area contributed by atoms with Gasteiger partial charge in [-0.15, -0.1) is 0 Å². The number of rotatable bonds is 3. The predicted molar refractivity (Wildman–Crippen MR) is 79.0 cm³/mol. The highest BCUT2D eigenvalue weighted by Crippen LogP contribution is 2.32. The van der Waals surface area contributed by atoms with E-state index in [4.69, 9.17) is 11.6 Å². The summed E-state index contributed by atoms with van der Waals surface area (Å²) in [4.78, 5) is 11.9. The molecule has 2 N–H and O–H groups in total. The standard InChI is InChI=1S/C16H13ClFNO2/c17-13-7-12(14(18)8-15(13)20)9-1-3-10(4-2-9)16(21)19-11-5-6-11/h1-4,7-8,11,20H,5-6H2,(H,19,21). The summed E-state index contributed by atoms with van der Waals surface area (Å²) in [5.74, 6) is -0.973. The molecule has 0 bridgehead atoms. The summed E-state index contributed by atoms with van der Waals surface area (Å²) >= 11 is 5.80. The second-order valence-corrected chi connectivity index (χ2v) is 5.52. The van der Waals surface area contributed by atoms with Crippen molar-refractivity contribution in [3.8, 4) is 16.9 Å². The van der Waals surface area contributed by atoms with Crippen molar-refractivity contribution >= 4 is 17.5 Å². The Morgan fingerprint density at radius 1 is 1.24 bits per heavy atom. The molecule has 3 nitrogen and oxygen atoms in total. The summed E-state index contributed by atoms with van der Waals surface area (Å²) in [7, 11) is 0. The number of carbonyl (C=O) groups excluding carboxylic acids is 1. The summed E-state index contributed by atoms with van der Waals surface area (Å²) < 4.78 is 13.9. The van der Waals surface area contributed by atoms with Crippen LogP contribution in [0.2, 0.25) is 5.02 Å². The number of benzene rings is 2. The van der Waals surface area contributed by atoms with Gasteiger partial charge in [-0.2, -0.15) is 0 Å². The fraction of sp³-hybridized carbons (Fsp3) is 0.188. The molecule has 0 aromatic heterocycles. The fourth-order valence-corrected chi connectivity index (χ4v) is 2.22. The normalized spacial score (nSPS) is 14.0. The maximum atomic E-state index is 13.9. The zero-order valence-electron chi connectivity index (χ0n) is 11.1. The summed E-state index contributed by atoms with van der Waals surface area (Å²) in [6.45, 7) is 0. The topological polar surface area (TPSA) is 49.3 Å². The first-order valence-electron chi connectivity index (χ1n) is 6.64. The molecule has 1 aliphatic rings. The van der Waals surface area contributed by atoms with Gasteiger partial charge in [-0.25, -0.2) is 4.39 Å². The summed E-state index contributed by atoms with van der Waals surface area (Å²) in [6.07, 6.45) is 2.06. The van der Waals surface area contributed by atoms with Crippen LogP contribution < -0.4 is 5.32 Å². The molecule has 1 aliphatic carbocycles. The van der Waals surface area contributed by atoms with Crippen LogP contribution in [0.25, 0.3) is 11.1 Å². The van der Waals surface area contributed by atoms with Gasteiger partial charge in [0.15, 0.2) is 0 Å². The van der Waals surface area contributed by atoms with Crippen molar-refractivity contribution in [1.29, 1.82) is 0 Å². The molecule has 0 atom stereocenters. The number of aromatic hydroxyl groups is 1. The average Bonchev–Trinajstić information content (AvgIpc) is 3.27. The summed E-state index contributed by atoms with van der Waals surface area (Å²) in [5, 5.41) is 12.3. The van der Waals surface area contributed by atoms with E-state index in [1.807, 2.05) is 0 Å². The van der Waals surface area contributed by atoms with Gasteiger partial charge in [-0.05, 0) is 36.6 Å². The van der Waals surface area contributed by atoms with Crippen LogP contribution in [-0.4, -0.2) is 17.1 Å². The zero-order valence-corrected chi connectivity index (χ0v) is 11.8. The molecule has 1 amide bonds. The van der Waals surface area contributed by atoms with E-state index in [1.54, 1.807) is 24.3 Å². The average molecular weight is 306 g/mol. The van der Waals surface area contributed by atoms with Crippen LogP contribution in [0.3, 0.4) is 0 Å². The highest BCUT2D eigenvalue weighted by atomic mass is 35.5. The molecule has 3 rings (SSSR count). The van der Waals surface area contributed by atoms with E-state index >= 15 is 0 Å². The van der Waals surface area contributed by atoms with Crippen molar-refractivity contribution in [2.45, 2.75) is 18.9 Å². The number of hydrogen-bond donors (Lipinski definition) is 2. The Kier molecular flexibility index (Phi) is 3.55. The molecule has 21 heavy (non-hydrogen) atoms. The number of phenols is 1. The molecule has 1 fully saturated rings. The van der Waals surface area contributed by atoms with Crippen LogP contribution in [0.15, 0.2) is 36.4 Å². The van der Waals surface area contributed by atoms with Gasteiger partial charge in [0.25, 0.3) is 5.91 Å². The van der Waals surface area contributed by atoms with Gasteiger partial charge < -0.3 is 10.4 Å². The highest BCUT2D eigenvalue weighted by Gasteiger charge is 2.23. The van der Waals surface area contributed by atoms with Crippen molar-refractivity contribution < 1.29 is 14.3 Å². The third kappa shape index (κ3) is 3.00. The van der Waals surface area contributed by atoms with E-state index in [1.165, 1.54) is 6.07 Å². The van der Waals surface area contributed by atoms with Crippen molar-refractivity contribution in [2.24, 2.45) is 0 Å². The lowest BCUT2D eigenvalue weighted by Crippen LogP contribution is -2.25. The summed E-state index contributed by atoms with van der Waals surface area (Å²) in [6, 6.07) is 9.25. The van der Waals surface area contributed by atoms with Crippen LogP contribution in [-0.2, 0) is 0 Å². The molecular formula is C16H13ClFNO2. The fourth-order valence-electron chi connectivity index (χ4n) is 2.06.